The lowest BCUT2D eigenvalue weighted by atomic mass is 9.92. The Kier molecular flexibility index (Phi) is 4.57. The molecule has 0 aliphatic carbocycles. The molecule has 0 unspecified atom stereocenters. The van der Waals surface area contributed by atoms with Gasteiger partial charge in [-0.05, 0) is 12.1 Å². The Hall–Kier alpha value is -2.74. The molecule has 2 heteroatoms. The van der Waals surface area contributed by atoms with Crippen molar-refractivity contribution >= 4 is 11.4 Å². The molecule has 3 aromatic rings. The SMILES string of the molecule is CC(C)(C)c1ccc(N=C(c2ccccc2)c2ccccc2)cn1. The maximum atomic E-state index is 4.88. The second kappa shape index (κ2) is 6.79. The smallest absolute Gasteiger partial charge is 0.0820 e. The molecule has 1 aromatic heterocycles. The third-order valence-corrected chi connectivity index (χ3v) is 3.85. The first-order valence-electron chi connectivity index (χ1n) is 8.20. The van der Waals surface area contributed by atoms with Crippen molar-refractivity contribution in [2.24, 2.45) is 4.99 Å². The minimum Gasteiger partial charge on any atom is -0.258 e. The molecule has 2 aromatic carbocycles. The van der Waals surface area contributed by atoms with Crippen LogP contribution >= 0.6 is 0 Å². The van der Waals surface area contributed by atoms with Crippen LogP contribution < -0.4 is 0 Å². The number of nitrogens with zero attached hydrogens (tertiary/aromatic N) is 2. The van der Waals surface area contributed by atoms with E-state index in [0.29, 0.717) is 0 Å². The summed E-state index contributed by atoms with van der Waals surface area (Å²) in [6.07, 6.45) is 1.85. The lowest BCUT2D eigenvalue weighted by molar-refractivity contribution is 0.569. The van der Waals surface area contributed by atoms with Gasteiger partial charge in [0.1, 0.15) is 0 Å². The summed E-state index contributed by atoms with van der Waals surface area (Å²) in [6.45, 7) is 6.49. The van der Waals surface area contributed by atoms with E-state index in [2.05, 4.69) is 56.1 Å². The lowest BCUT2D eigenvalue weighted by Gasteiger charge is -2.17. The van der Waals surface area contributed by atoms with Crippen LogP contribution in [0.5, 0.6) is 0 Å². The second-order valence-corrected chi connectivity index (χ2v) is 6.84. The standard InChI is InChI=1S/C22H22N2/c1-22(2,3)20-15-14-19(16-23-20)24-21(17-10-6-4-7-11-17)18-12-8-5-9-13-18/h4-16H,1-3H3. The zero-order valence-corrected chi connectivity index (χ0v) is 14.4. The van der Waals surface area contributed by atoms with Gasteiger partial charge < -0.3 is 0 Å². The van der Waals surface area contributed by atoms with E-state index in [4.69, 9.17) is 4.99 Å². The number of hydrogen-bond donors (Lipinski definition) is 0. The van der Waals surface area contributed by atoms with Gasteiger partial charge in [0.05, 0.1) is 17.6 Å². The van der Waals surface area contributed by atoms with Crippen LogP contribution in [-0.4, -0.2) is 10.7 Å². The second-order valence-electron chi connectivity index (χ2n) is 6.84. The van der Waals surface area contributed by atoms with E-state index in [-0.39, 0.29) is 5.41 Å². The van der Waals surface area contributed by atoms with E-state index in [1.165, 1.54) is 0 Å². The molecule has 0 saturated carbocycles. The fraction of sp³-hybridized carbons (Fsp3) is 0.182. The molecular formula is C22H22N2. The predicted molar refractivity (Wildman–Crippen MR) is 101 cm³/mol. The summed E-state index contributed by atoms with van der Waals surface area (Å²) < 4.78 is 0. The van der Waals surface area contributed by atoms with Gasteiger partial charge in [-0.25, -0.2) is 4.99 Å². The van der Waals surface area contributed by atoms with Crippen LogP contribution in [0.25, 0.3) is 0 Å². The fourth-order valence-electron chi connectivity index (χ4n) is 2.51. The van der Waals surface area contributed by atoms with Crippen molar-refractivity contribution in [3.63, 3.8) is 0 Å². The molecule has 0 aliphatic heterocycles. The van der Waals surface area contributed by atoms with Crippen molar-refractivity contribution < 1.29 is 0 Å². The first kappa shape index (κ1) is 16.1. The van der Waals surface area contributed by atoms with Crippen LogP contribution in [0, 0.1) is 0 Å². The van der Waals surface area contributed by atoms with E-state index in [9.17, 15) is 0 Å². The third kappa shape index (κ3) is 3.77. The fourth-order valence-corrected chi connectivity index (χ4v) is 2.51. The minimum absolute atomic E-state index is 0.0456. The van der Waals surface area contributed by atoms with Crippen LogP contribution in [0.2, 0.25) is 0 Å². The van der Waals surface area contributed by atoms with Gasteiger partial charge in [0.25, 0.3) is 0 Å². The monoisotopic (exact) mass is 314 g/mol. The van der Waals surface area contributed by atoms with E-state index >= 15 is 0 Å². The quantitative estimate of drug-likeness (QED) is 0.582. The summed E-state index contributed by atoms with van der Waals surface area (Å²) in [5.41, 5.74) is 5.14. The van der Waals surface area contributed by atoms with Gasteiger partial charge in [-0.2, -0.15) is 0 Å². The van der Waals surface area contributed by atoms with E-state index in [1.54, 1.807) is 0 Å². The number of benzene rings is 2. The Bertz CT molecular complexity index is 770. The summed E-state index contributed by atoms with van der Waals surface area (Å²) in [6, 6.07) is 24.6. The highest BCUT2D eigenvalue weighted by Crippen LogP contribution is 2.23. The summed E-state index contributed by atoms with van der Waals surface area (Å²) in [4.78, 5) is 9.46. The molecule has 0 atom stereocenters. The molecular weight excluding hydrogens is 292 g/mol. The maximum absolute atomic E-state index is 4.88. The highest BCUT2D eigenvalue weighted by Gasteiger charge is 2.15. The molecule has 2 nitrogen and oxygen atoms in total. The minimum atomic E-state index is 0.0456. The van der Waals surface area contributed by atoms with Gasteiger partial charge in [-0.1, -0.05) is 81.4 Å². The zero-order valence-electron chi connectivity index (χ0n) is 14.4. The van der Waals surface area contributed by atoms with Crippen LogP contribution in [0.3, 0.4) is 0 Å². The number of rotatable bonds is 3. The van der Waals surface area contributed by atoms with Crippen LogP contribution in [0.15, 0.2) is 84.0 Å². The highest BCUT2D eigenvalue weighted by atomic mass is 14.8. The molecule has 0 aliphatic rings. The molecule has 3 rings (SSSR count). The largest absolute Gasteiger partial charge is 0.258 e. The maximum Gasteiger partial charge on any atom is 0.0820 e. The molecule has 0 fully saturated rings. The lowest BCUT2D eigenvalue weighted by Crippen LogP contribution is -2.12. The van der Waals surface area contributed by atoms with Gasteiger partial charge in [-0.3, -0.25) is 4.98 Å². The first-order chi connectivity index (χ1) is 11.5. The molecule has 0 saturated heterocycles. The summed E-state index contributed by atoms with van der Waals surface area (Å²) in [5, 5.41) is 0. The Morgan fingerprint density at radius 2 is 1.29 bits per heavy atom. The summed E-state index contributed by atoms with van der Waals surface area (Å²) in [5.74, 6) is 0. The van der Waals surface area contributed by atoms with Crippen molar-refractivity contribution in [3.8, 4) is 0 Å². The Balaban J connectivity index is 2.04. The van der Waals surface area contributed by atoms with E-state index in [0.717, 1.165) is 28.2 Å². The Morgan fingerprint density at radius 3 is 1.71 bits per heavy atom. The van der Waals surface area contributed by atoms with E-state index in [1.807, 2.05) is 48.7 Å². The van der Waals surface area contributed by atoms with Gasteiger partial charge in [-0.15, -0.1) is 0 Å². The van der Waals surface area contributed by atoms with Gasteiger partial charge in [0.15, 0.2) is 0 Å². The number of hydrogen-bond acceptors (Lipinski definition) is 2. The van der Waals surface area contributed by atoms with Crippen LogP contribution in [-0.2, 0) is 5.41 Å². The van der Waals surface area contributed by atoms with Crippen molar-refractivity contribution in [2.45, 2.75) is 26.2 Å². The number of pyridine rings is 1. The molecule has 1 heterocycles. The molecule has 120 valence electrons. The predicted octanol–water partition coefficient (Wildman–Crippen LogP) is 5.55. The third-order valence-electron chi connectivity index (χ3n) is 3.85. The molecule has 0 amide bonds. The topological polar surface area (TPSA) is 25.2 Å². The molecule has 0 spiro atoms. The van der Waals surface area contributed by atoms with Crippen LogP contribution in [0.4, 0.5) is 5.69 Å². The van der Waals surface area contributed by atoms with Crippen molar-refractivity contribution in [1.29, 1.82) is 0 Å². The molecule has 0 N–H and O–H groups in total. The summed E-state index contributed by atoms with van der Waals surface area (Å²) in [7, 11) is 0. The van der Waals surface area contributed by atoms with Gasteiger partial charge in [0, 0.05) is 22.2 Å². The average molecular weight is 314 g/mol. The number of aliphatic imine (C=N–C) groups is 1. The Labute approximate surface area is 143 Å². The Morgan fingerprint density at radius 1 is 0.750 bits per heavy atom. The van der Waals surface area contributed by atoms with Crippen molar-refractivity contribution in [2.75, 3.05) is 0 Å². The number of aromatic nitrogens is 1. The van der Waals surface area contributed by atoms with Gasteiger partial charge >= 0.3 is 0 Å². The van der Waals surface area contributed by atoms with Crippen LogP contribution in [0.1, 0.15) is 37.6 Å². The van der Waals surface area contributed by atoms with Gasteiger partial charge in [0.2, 0.25) is 0 Å². The molecule has 0 radical (unpaired) electrons. The molecule has 0 bridgehead atoms. The van der Waals surface area contributed by atoms with E-state index < -0.39 is 0 Å². The van der Waals surface area contributed by atoms with Crippen molar-refractivity contribution in [3.05, 3.63) is 95.8 Å². The average Bonchev–Trinajstić information content (AvgIpc) is 2.61. The highest BCUT2D eigenvalue weighted by molar-refractivity contribution is 6.13. The molecule has 24 heavy (non-hydrogen) atoms. The normalized spacial score (nSPS) is 11.1. The van der Waals surface area contributed by atoms with Crippen molar-refractivity contribution in [1.82, 2.24) is 4.98 Å². The summed E-state index contributed by atoms with van der Waals surface area (Å²) >= 11 is 0. The zero-order chi connectivity index (χ0) is 17.0. The first-order valence-corrected chi connectivity index (χ1v) is 8.20.